The minimum Gasteiger partial charge on any atom is -0.453 e. The Morgan fingerprint density at radius 2 is 1.65 bits per heavy atom. The van der Waals surface area contributed by atoms with E-state index >= 15 is 0 Å². The lowest BCUT2D eigenvalue weighted by Crippen LogP contribution is -2.29. The van der Waals surface area contributed by atoms with E-state index in [4.69, 9.17) is 14.4 Å². The number of aromatic nitrogens is 2. The molecule has 3 aliphatic rings. The highest BCUT2D eigenvalue weighted by Crippen LogP contribution is 2.32. The number of rotatable bonds is 2. The molecular formula is C26H22N4O. The maximum absolute atomic E-state index is 6.40. The molecule has 3 aromatic rings. The van der Waals surface area contributed by atoms with Crippen LogP contribution >= 0.6 is 0 Å². The van der Waals surface area contributed by atoms with Gasteiger partial charge in [0.1, 0.15) is 11.2 Å². The van der Waals surface area contributed by atoms with Crippen molar-refractivity contribution in [2.24, 2.45) is 4.99 Å². The molecule has 2 aliphatic heterocycles. The van der Waals surface area contributed by atoms with Crippen LogP contribution in [0.25, 0.3) is 33.3 Å². The molecule has 6 rings (SSSR count). The third kappa shape index (κ3) is 3.32. The summed E-state index contributed by atoms with van der Waals surface area (Å²) in [4.78, 5) is 16.4. The van der Waals surface area contributed by atoms with Crippen LogP contribution in [0.15, 0.2) is 82.5 Å². The molecule has 31 heavy (non-hydrogen) atoms. The predicted octanol–water partition coefficient (Wildman–Crippen LogP) is 5.70. The van der Waals surface area contributed by atoms with Crippen molar-refractivity contribution in [1.82, 2.24) is 9.97 Å². The molecule has 1 aromatic heterocycles. The maximum Gasteiger partial charge on any atom is 0.155 e. The average molecular weight is 406 g/mol. The van der Waals surface area contributed by atoms with E-state index in [1.54, 1.807) is 12.4 Å². The summed E-state index contributed by atoms with van der Waals surface area (Å²) in [6.45, 7) is 2.21. The van der Waals surface area contributed by atoms with Crippen molar-refractivity contribution in [3.8, 4) is 11.5 Å². The van der Waals surface area contributed by atoms with Crippen molar-refractivity contribution in [3.63, 3.8) is 0 Å². The summed E-state index contributed by atoms with van der Waals surface area (Å²) in [6.07, 6.45) is 7.32. The zero-order valence-electron chi connectivity index (χ0n) is 17.2. The van der Waals surface area contributed by atoms with Gasteiger partial charge in [0.2, 0.25) is 0 Å². The SMILES string of the molecule is c1ccc2/c(=N/c3ccncc3)cc3oc4cc(N5CCCCC5)ccc4nc-3c2c1. The molecule has 5 nitrogen and oxygen atoms in total. The second-order valence-corrected chi connectivity index (χ2v) is 8.02. The van der Waals surface area contributed by atoms with Gasteiger partial charge in [-0.05, 0) is 43.5 Å². The highest BCUT2D eigenvalue weighted by molar-refractivity contribution is 5.96. The number of hydrogen-bond acceptors (Lipinski definition) is 5. The zero-order valence-corrected chi connectivity index (χ0v) is 17.2. The summed E-state index contributed by atoms with van der Waals surface area (Å²) < 4.78 is 6.40. The molecule has 0 unspecified atom stereocenters. The molecule has 2 aromatic carbocycles. The summed E-state index contributed by atoms with van der Waals surface area (Å²) in [7, 11) is 0. The van der Waals surface area contributed by atoms with E-state index in [-0.39, 0.29) is 0 Å². The minimum atomic E-state index is 0.745. The van der Waals surface area contributed by atoms with Gasteiger partial charge in [0.25, 0.3) is 0 Å². The Morgan fingerprint density at radius 3 is 2.48 bits per heavy atom. The van der Waals surface area contributed by atoms with Gasteiger partial charge in [-0.3, -0.25) is 4.98 Å². The quantitative estimate of drug-likeness (QED) is 0.279. The lowest BCUT2D eigenvalue weighted by atomic mass is 10.0. The Morgan fingerprint density at radius 1 is 0.839 bits per heavy atom. The fourth-order valence-corrected chi connectivity index (χ4v) is 4.42. The summed E-state index contributed by atoms with van der Waals surface area (Å²) in [6, 6.07) is 20.4. The Labute approximate surface area is 180 Å². The molecule has 0 spiro atoms. The van der Waals surface area contributed by atoms with Crippen LogP contribution in [0.3, 0.4) is 0 Å². The number of anilines is 1. The van der Waals surface area contributed by atoms with E-state index in [1.165, 1.54) is 24.9 Å². The number of pyridine rings is 1. The van der Waals surface area contributed by atoms with Crippen LogP contribution in [0.2, 0.25) is 0 Å². The van der Waals surface area contributed by atoms with E-state index < -0.39 is 0 Å². The Balaban J connectivity index is 1.58. The lowest BCUT2D eigenvalue weighted by Gasteiger charge is -2.28. The van der Waals surface area contributed by atoms with E-state index in [1.807, 2.05) is 30.3 Å². The van der Waals surface area contributed by atoms with Crippen LogP contribution in [0.1, 0.15) is 19.3 Å². The fraction of sp³-hybridized carbons (Fsp3) is 0.192. The summed E-state index contributed by atoms with van der Waals surface area (Å²) in [5, 5.41) is 2.96. The van der Waals surface area contributed by atoms with Crippen LogP contribution < -0.4 is 10.3 Å². The predicted molar refractivity (Wildman–Crippen MR) is 124 cm³/mol. The van der Waals surface area contributed by atoms with Crippen molar-refractivity contribution in [3.05, 3.63) is 78.4 Å². The monoisotopic (exact) mass is 406 g/mol. The molecular weight excluding hydrogens is 384 g/mol. The number of benzene rings is 3. The normalized spacial score (nSPS) is 15.2. The van der Waals surface area contributed by atoms with E-state index in [2.05, 4.69) is 40.2 Å². The molecule has 1 aliphatic carbocycles. The van der Waals surface area contributed by atoms with Gasteiger partial charge < -0.3 is 9.32 Å². The van der Waals surface area contributed by atoms with E-state index in [0.29, 0.717) is 0 Å². The van der Waals surface area contributed by atoms with Crippen molar-refractivity contribution in [2.75, 3.05) is 18.0 Å². The number of hydrogen-bond donors (Lipinski definition) is 0. The summed E-state index contributed by atoms with van der Waals surface area (Å²) in [5.41, 5.74) is 4.61. The maximum atomic E-state index is 6.40. The standard InChI is InChI=1S/C26H22N4O/c1-4-14-30(15-5-1)19-8-9-22-24(16-19)31-25-17-23(28-18-10-12-27-13-11-18)20-6-2-3-7-21(20)26(25)29-22/h2-3,6-13,16-17H,1,4-5,14-15H2/b28-23+. The molecule has 0 radical (unpaired) electrons. The summed E-state index contributed by atoms with van der Waals surface area (Å²) >= 11 is 0. The van der Waals surface area contributed by atoms with Gasteiger partial charge in [-0.25, -0.2) is 9.98 Å². The molecule has 1 saturated heterocycles. The molecule has 0 bridgehead atoms. The molecule has 0 amide bonds. The topological polar surface area (TPSA) is 54.5 Å². The van der Waals surface area contributed by atoms with Crippen LogP contribution in [-0.2, 0) is 0 Å². The lowest BCUT2D eigenvalue weighted by molar-refractivity contribution is 0.576. The Hall–Kier alpha value is -3.73. The van der Waals surface area contributed by atoms with Crippen molar-refractivity contribution in [2.45, 2.75) is 19.3 Å². The highest BCUT2D eigenvalue weighted by Gasteiger charge is 2.17. The first-order valence-corrected chi connectivity index (χ1v) is 10.8. The Bertz CT molecular complexity index is 1420. The van der Waals surface area contributed by atoms with Crippen molar-refractivity contribution >= 4 is 33.2 Å². The second kappa shape index (κ2) is 7.51. The van der Waals surface area contributed by atoms with E-state index in [0.717, 1.165) is 57.5 Å². The molecule has 5 heteroatoms. The first kappa shape index (κ1) is 18.1. The van der Waals surface area contributed by atoms with Gasteiger partial charge >= 0.3 is 0 Å². The zero-order chi connectivity index (χ0) is 20.6. The van der Waals surface area contributed by atoms with Gasteiger partial charge in [-0.2, -0.15) is 0 Å². The fourth-order valence-electron chi connectivity index (χ4n) is 4.42. The molecule has 152 valence electrons. The Kier molecular flexibility index (Phi) is 4.38. The second-order valence-electron chi connectivity index (χ2n) is 8.02. The van der Waals surface area contributed by atoms with Gasteiger partial charge in [0.05, 0.1) is 11.0 Å². The number of piperidine rings is 1. The van der Waals surface area contributed by atoms with Gasteiger partial charge in [-0.1, -0.05) is 24.3 Å². The highest BCUT2D eigenvalue weighted by atomic mass is 16.3. The van der Waals surface area contributed by atoms with Gasteiger partial charge in [0.15, 0.2) is 11.3 Å². The number of nitrogens with zero attached hydrogens (tertiary/aromatic N) is 4. The minimum absolute atomic E-state index is 0.745. The summed E-state index contributed by atoms with van der Waals surface area (Å²) in [5.74, 6) is 0.745. The number of fused-ring (bicyclic) bond motifs is 4. The average Bonchev–Trinajstić information content (AvgIpc) is 2.84. The first-order valence-electron chi connectivity index (χ1n) is 10.8. The van der Waals surface area contributed by atoms with Gasteiger partial charge in [0, 0.05) is 54.1 Å². The van der Waals surface area contributed by atoms with Gasteiger partial charge in [-0.15, -0.1) is 0 Å². The van der Waals surface area contributed by atoms with Crippen LogP contribution in [0.4, 0.5) is 11.4 Å². The largest absolute Gasteiger partial charge is 0.453 e. The third-order valence-corrected chi connectivity index (χ3v) is 5.99. The molecule has 3 heterocycles. The molecule has 0 N–H and O–H groups in total. The van der Waals surface area contributed by atoms with Crippen molar-refractivity contribution < 1.29 is 4.42 Å². The smallest absolute Gasteiger partial charge is 0.155 e. The third-order valence-electron chi connectivity index (χ3n) is 5.99. The van der Waals surface area contributed by atoms with Crippen LogP contribution in [0.5, 0.6) is 0 Å². The molecule has 0 saturated carbocycles. The van der Waals surface area contributed by atoms with E-state index in [9.17, 15) is 0 Å². The molecule has 1 fully saturated rings. The van der Waals surface area contributed by atoms with Crippen LogP contribution in [0, 0.1) is 0 Å². The van der Waals surface area contributed by atoms with Crippen molar-refractivity contribution in [1.29, 1.82) is 0 Å². The first-order chi connectivity index (χ1) is 15.3. The molecule has 0 atom stereocenters. The van der Waals surface area contributed by atoms with Crippen LogP contribution in [-0.4, -0.2) is 23.1 Å².